The minimum atomic E-state index is -1.15. The molecule has 0 aromatic heterocycles. The molecule has 110 heavy (non-hydrogen) atoms. The SMILES string of the molecule is CC(=O)c1cccc2c1OB(O)[C@@H](CC(=O)Cc1cc(CN)cc(CN)c1)C2.CC(=O)c1cccc2c1OB(O)[C@@H](CC(=O)Cc1ccc(CN)cc1CN)C2.CC(=O)c1cccc2c1OB(O)[C@@H](CC(=O)c1ccc(CN)cc1CN)C2.CC(=O)c1cccc2c1OB(O)[C@@H](CC(=O)c1cccc(CN)c1CN)C2. The second kappa shape index (κ2) is 39.1. The molecule has 0 saturated carbocycles. The number of nitrogens with two attached hydrogens (primary N) is 8. The number of benzene rings is 8. The first kappa shape index (κ1) is 84.1. The van der Waals surface area contributed by atoms with Crippen LogP contribution >= 0.6 is 0 Å². The molecule has 12 rings (SSSR count). The molecular formula is C82H96B4N8O16. The summed E-state index contributed by atoms with van der Waals surface area (Å²) in [5.74, 6) is -0.503. The van der Waals surface area contributed by atoms with E-state index in [9.17, 15) is 58.5 Å². The van der Waals surface area contributed by atoms with Crippen molar-refractivity contribution in [1.29, 1.82) is 0 Å². The van der Waals surface area contributed by atoms with E-state index in [1.165, 1.54) is 27.7 Å². The fourth-order valence-electron chi connectivity index (χ4n) is 14.5. The summed E-state index contributed by atoms with van der Waals surface area (Å²) in [6.07, 6.45) is 3.01. The summed E-state index contributed by atoms with van der Waals surface area (Å²) < 4.78 is 22.4. The molecular weight excluding hydrogens is 1400 g/mol. The molecule has 8 aromatic rings. The molecule has 4 atom stereocenters. The van der Waals surface area contributed by atoms with Crippen molar-refractivity contribution in [3.05, 3.63) is 257 Å². The zero-order valence-corrected chi connectivity index (χ0v) is 62.5. The summed E-state index contributed by atoms with van der Waals surface area (Å²) in [4.78, 5) is 98.0. The molecule has 0 bridgehead atoms. The van der Waals surface area contributed by atoms with Crippen LogP contribution in [0.15, 0.2) is 146 Å². The Balaban J connectivity index is 0.000000169. The minimum absolute atomic E-state index is 0.00835. The van der Waals surface area contributed by atoms with Gasteiger partial charge in [0.05, 0.1) is 22.3 Å². The van der Waals surface area contributed by atoms with Gasteiger partial charge in [-0.3, -0.25) is 38.4 Å². The third kappa shape index (κ3) is 21.0. The van der Waals surface area contributed by atoms with Crippen LogP contribution in [0.25, 0.3) is 0 Å². The number of carbonyl (C=O) groups is 8. The van der Waals surface area contributed by atoms with Crippen molar-refractivity contribution < 1.29 is 77.1 Å². The highest BCUT2D eigenvalue weighted by atomic mass is 16.5. The maximum Gasteiger partial charge on any atom is 0.526 e. The molecule has 4 heterocycles. The van der Waals surface area contributed by atoms with Gasteiger partial charge in [-0.05, 0) is 156 Å². The lowest BCUT2D eigenvalue weighted by molar-refractivity contribution is -0.119. The van der Waals surface area contributed by atoms with E-state index in [0.29, 0.717) is 121 Å². The summed E-state index contributed by atoms with van der Waals surface area (Å²) in [6, 6.07) is 43.6. The summed E-state index contributed by atoms with van der Waals surface area (Å²) in [7, 11) is -4.54. The van der Waals surface area contributed by atoms with Crippen LogP contribution in [-0.4, -0.2) is 94.8 Å². The zero-order valence-electron chi connectivity index (χ0n) is 62.5. The van der Waals surface area contributed by atoms with Gasteiger partial charge in [-0.2, -0.15) is 0 Å². The van der Waals surface area contributed by atoms with E-state index in [2.05, 4.69) is 0 Å². The topological polar surface area (TPSA) is 463 Å². The highest BCUT2D eigenvalue weighted by Crippen LogP contribution is 2.42. The van der Waals surface area contributed by atoms with Gasteiger partial charge >= 0.3 is 28.5 Å². The molecule has 0 fully saturated rings. The van der Waals surface area contributed by atoms with Gasteiger partial charge in [-0.25, -0.2) is 0 Å². The van der Waals surface area contributed by atoms with E-state index in [-0.39, 0.29) is 110 Å². The van der Waals surface area contributed by atoms with Crippen molar-refractivity contribution in [1.82, 2.24) is 0 Å². The molecule has 4 aliphatic rings. The Bertz CT molecular complexity index is 4710. The first-order valence-corrected chi connectivity index (χ1v) is 36.8. The molecule has 0 aliphatic carbocycles. The average Bonchev–Trinajstić information content (AvgIpc) is 0.806. The number of Topliss-reactive ketones (excluding diaryl/α,β-unsaturated/α-hetero) is 8. The van der Waals surface area contributed by atoms with Crippen molar-refractivity contribution in [3.8, 4) is 23.0 Å². The van der Waals surface area contributed by atoms with Gasteiger partial charge in [0.1, 0.15) is 34.6 Å². The molecule has 0 spiro atoms. The van der Waals surface area contributed by atoms with Crippen LogP contribution in [0, 0.1) is 0 Å². The Labute approximate surface area is 641 Å². The van der Waals surface area contributed by atoms with Gasteiger partial charge in [0.25, 0.3) is 0 Å². The van der Waals surface area contributed by atoms with Crippen LogP contribution in [0.3, 0.4) is 0 Å². The van der Waals surface area contributed by atoms with E-state index in [1.807, 2.05) is 78.9 Å². The number of fused-ring (bicyclic) bond motifs is 4. The molecule has 8 aromatic carbocycles. The van der Waals surface area contributed by atoms with Crippen LogP contribution < -0.4 is 64.5 Å². The Morgan fingerprint density at radius 1 is 0.318 bits per heavy atom. The average molecular weight is 1490 g/mol. The minimum Gasteiger partial charge on any atom is -0.535 e. The van der Waals surface area contributed by atoms with E-state index in [1.54, 1.807) is 66.7 Å². The summed E-state index contributed by atoms with van der Waals surface area (Å²) >= 11 is 0. The number of hydrogen-bond donors (Lipinski definition) is 12. The predicted octanol–water partition coefficient (Wildman–Crippen LogP) is 7.32. The highest BCUT2D eigenvalue weighted by Gasteiger charge is 2.42. The number of rotatable bonds is 26. The Hall–Kier alpha value is -9.90. The van der Waals surface area contributed by atoms with E-state index in [0.717, 1.165) is 77.9 Å². The number of para-hydroxylation sites is 4. The third-order valence-corrected chi connectivity index (χ3v) is 20.3. The Kier molecular flexibility index (Phi) is 29.9. The molecule has 0 radical (unpaired) electrons. The van der Waals surface area contributed by atoms with E-state index < -0.39 is 40.1 Å². The lowest BCUT2D eigenvalue weighted by Gasteiger charge is -2.28. The Morgan fingerprint density at radius 2 is 0.645 bits per heavy atom. The summed E-state index contributed by atoms with van der Waals surface area (Å²) in [6.45, 7) is 8.54. The number of ketones is 8. The smallest absolute Gasteiger partial charge is 0.526 e. The molecule has 0 amide bonds. The number of hydrogen-bond acceptors (Lipinski definition) is 24. The van der Waals surface area contributed by atoms with Gasteiger partial charge in [0.2, 0.25) is 0 Å². The summed E-state index contributed by atoms with van der Waals surface area (Å²) in [5, 5.41) is 41.6. The van der Waals surface area contributed by atoms with Crippen LogP contribution in [0.5, 0.6) is 23.0 Å². The van der Waals surface area contributed by atoms with Gasteiger partial charge in [-0.1, -0.05) is 121 Å². The van der Waals surface area contributed by atoms with Crippen LogP contribution in [0.2, 0.25) is 23.3 Å². The van der Waals surface area contributed by atoms with Crippen molar-refractivity contribution in [2.45, 2.75) is 168 Å². The standard InChI is InChI=1S/2C21H25BN2O4.2C20H23BN2O4/c1-13(25)20-4-2-3-17-9-18(22(27)28-21(17)20)10-19(26)8-14-5-15(11-23)7-16(6-14)12-24;1-13(25)20-4-2-3-16-8-18(22(27)28-21(16)20)10-19(26)9-15-6-5-14(11-23)7-17(15)12-24;1-12(24)16-6-2-4-13-8-15(21(26)27-20(13)16)9-19(25)17-7-3-5-14(10-22)18(17)11-23;1-12(24)17-4-2-3-14-8-16(21(26)27-20(14)17)9-19(25)18-6-5-13(10-22)7-15(18)11-23/h2*2-7,18,27H,8-12,23-24H2,1H3;2-7,15,26H,8-11,22-23H2,1H3;2-7,16,26H,8-11,22-23H2,1H3/t2*18-;15-;16-/m1111/s1. The molecule has 0 saturated heterocycles. The summed E-state index contributed by atoms with van der Waals surface area (Å²) in [5.41, 5.74) is 60.9. The Morgan fingerprint density at radius 3 is 1.01 bits per heavy atom. The normalized spacial score (nSPS) is 15.8. The zero-order chi connectivity index (χ0) is 79.6. The van der Waals surface area contributed by atoms with Crippen LogP contribution in [0.1, 0.15) is 193 Å². The van der Waals surface area contributed by atoms with Crippen molar-refractivity contribution >= 4 is 74.7 Å². The lowest BCUT2D eigenvalue weighted by Crippen LogP contribution is -2.36. The van der Waals surface area contributed by atoms with Crippen LogP contribution in [-0.2, 0) is 100 Å². The predicted molar refractivity (Wildman–Crippen MR) is 423 cm³/mol. The first-order valence-electron chi connectivity index (χ1n) is 36.8. The van der Waals surface area contributed by atoms with E-state index >= 15 is 0 Å². The molecule has 4 aliphatic heterocycles. The van der Waals surface area contributed by atoms with Crippen molar-refractivity contribution in [3.63, 3.8) is 0 Å². The second-order valence-electron chi connectivity index (χ2n) is 28.2. The van der Waals surface area contributed by atoms with Gasteiger partial charge in [-0.15, -0.1) is 0 Å². The lowest BCUT2D eigenvalue weighted by atomic mass is 9.64. The van der Waals surface area contributed by atoms with Gasteiger partial charge in [0.15, 0.2) is 34.7 Å². The quantitative estimate of drug-likeness (QED) is 0.0186. The monoisotopic (exact) mass is 1490 g/mol. The van der Waals surface area contributed by atoms with E-state index in [4.69, 9.17) is 64.5 Å². The maximum atomic E-state index is 12.9. The molecule has 24 nitrogen and oxygen atoms in total. The van der Waals surface area contributed by atoms with Crippen molar-refractivity contribution in [2.24, 2.45) is 45.9 Å². The van der Waals surface area contributed by atoms with Crippen molar-refractivity contribution in [2.75, 3.05) is 0 Å². The highest BCUT2D eigenvalue weighted by molar-refractivity contribution is 6.48. The maximum absolute atomic E-state index is 12.9. The van der Waals surface area contributed by atoms with Gasteiger partial charge in [0, 0.05) is 125 Å². The third-order valence-electron chi connectivity index (χ3n) is 20.3. The molecule has 28 heteroatoms. The number of carbonyl (C=O) groups excluding carboxylic acids is 8. The van der Waals surface area contributed by atoms with Crippen LogP contribution in [0.4, 0.5) is 0 Å². The first-order chi connectivity index (χ1) is 52.7. The fraction of sp³-hybridized carbons (Fsp3) is 0.317. The molecule has 0 unspecified atom stereocenters. The second-order valence-corrected chi connectivity index (χ2v) is 28.2. The van der Waals surface area contributed by atoms with Gasteiger partial charge < -0.3 is 84.6 Å². The molecule has 20 N–H and O–H groups in total. The largest absolute Gasteiger partial charge is 0.535 e. The fourth-order valence-corrected chi connectivity index (χ4v) is 14.5. The molecule has 572 valence electrons.